The van der Waals surface area contributed by atoms with Crippen LogP contribution < -0.4 is 5.32 Å². The van der Waals surface area contributed by atoms with Crippen LogP contribution in [0.2, 0.25) is 0 Å². The van der Waals surface area contributed by atoms with E-state index in [9.17, 15) is 0 Å². The van der Waals surface area contributed by atoms with Gasteiger partial charge in [-0.15, -0.1) is 0 Å². The van der Waals surface area contributed by atoms with Crippen molar-refractivity contribution in [1.82, 2.24) is 5.32 Å². The molecule has 1 atom stereocenters. The fourth-order valence-electron chi connectivity index (χ4n) is 2.34. The van der Waals surface area contributed by atoms with Gasteiger partial charge < -0.3 is 14.2 Å². The van der Waals surface area contributed by atoms with E-state index in [0.29, 0.717) is 0 Å². The Morgan fingerprint density at radius 1 is 1.21 bits per heavy atom. The van der Waals surface area contributed by atoms with E-state index in [4.69, 9.17) is 8.83 Å². The molecule has 0 aliphatic heterocycles. The third kappa shape index (κ3) is 2.56. The van der Waals surface area contributed by atoms with Crippen LogP contribution in [0.4, 0.5) is 0 Å². The van der Waals surface area contributed by atoms with E-state index in [2.05, 4.69) is 24.4 Å². The first kappa shape index (κ1) is 12.1. The van der Waals surface area contributed by atoms with Crippen LogP contribution in [0.1, 0.15) is 24.3 Å². The monoisotopic (exact) mass is 255 g/mol. The number of hydrogen-bond acceptors (Lipinski definition) is 3. The van der Waals surface area contributed by atoms with Crippen LogP contribution in [0.3, 0.4) is 0 Å². The summed E-state index contributed by atoms with van der Waals surface area (Å²) in [5.41, 5.74) is 2.11. The van der Waals surface area contributed by atoms with Crippen LogP contribution >= 0.6 is 0 Å². The van der Waals surface area contributed by atoms with E-state index in [1.807, 2.05) is 24.3 Å². The van der Waals surface area contributed by atoms with Gasteiger partial charge in [0, 0.05) is 5.39 Å². The van der Waals surface area contributed by atoms with Crippen LogP contribution in [-0.2, 0) is 6.42 Å². The maximum absolute atomic E-state index is 5.94. The van der Waals surface area contributed by atoms with Crippen molar-refractivity contribution in [2.75, 3.05) is 6.54 Å². The van der Waals surface area contributed by atoms with Crippen molar-refractivity contribution < 1.29 is 8.83 Å². The van der Waals surface area contributed by atoms with Crippen LogP contribution in [0, 0.1) is 0 Å². The number of fused-ring (bicyclic) bond motifs is 1. The molecule has 0 saturated carbocycles. The first-order chi connectivity index (χ1) is 9.36. The lowest BCUT2D eigenvalue weighted by Crippen LogP contribution is -2.22. The molecule has 0 aliphatic rings. The number of furan rings is 2. The molecule has 19 heavy (non-hydrogen) atoms. The predicted octanol–water partition coefficient (Wildman–Crippen LogP) is 3.92. The molecule has 3 nitrogen and oxygen atoms in total. The lowest BCUT2D eigenvalue weighted by molar-refractivity contribution is 0.433. The van der Waals surface area contributed by atoms with Crippen molar-refractivity contribution >= 4 is 11.0 Å². The number of nitrogens with one attached hydrogen (secondary N) is 1. The molecule has 0 amide bonds. The van der Waals surface area contributed by atoms with Gasteiger partial charge in [-0.1, -0.05) is 25.1 Å². The van der Waals surface area contributed by atoms with Crippen LogP contribution in [0.15, 0.2) is 57.8 Å². The van der Waals surface area contributed by atoms with Gasteiger partial charge in [0.25, 0.3) is 0 Å². The first-order valence-electron chi connectivity index (χ1n) is 6.59. The van der Waals surface area contributed by atoms with Crippen molar-refractivity contribution in [3.8, 4) is 0 Å². The SMILES string of the molecule is CCNC(Cc1ccoc1)c1cc2ccccc2o1. The van der Waals surface area contributed by atoms with Crippen molar-refractivity contribution in [3.05, 3.63) is 60.2 Å². The molecule has 2 heterocycles. The van der Waals surface area contributed by atoms with Crippen molar-refractivity contribution in [2.24, 2.45) is 0 Å². The zero-order chi connectivity index (χ0) is 13.1. The molecule has 3 heteroatoms. The number of benzene rings is 1. The fraction of sp³-hybridized carbons (Fsp3) is 0.250. The van der Waals surface area contributed by atoms with Crippen LogP contribution in [0.25, 0.3) is 11.0 Å². The van der Waals surface area contributed by atoms with Gasteiger partial charge in [-0.2, -0.15) is 0 Å². The molecule has 0 aliphatic carbocycles. The second kappa shape index (κ2) is 5.33. The van der Waals surface area contributed by atoms with Gasteiger partial charge in [0.2, 0.25) is 0 Å². The Hall–Kier alpha value is -2.00. The second-order valence-electron chi connectivity index (χ2n) is 4.63. The molecular weight excluding hydrogens is 238 g/mol. The molecule has 2 aromatic heterocycles. The molecule has 0 radical (unpaired) electrons. The normalized spacial score (nSPS) is 12.9. The fourth-order valence-corrected chi connectivity index (χ4v) is 2.34. The summed E-state index contributed by atoms with van der Waals surface area (Å²) in [6, 6.07) is 12.4. The minimum Gasteiger partial charge on any atom is -0.472 e. The molecule has 0 saturated heterocycles. The average molecular weight is 255 g/mol. The van der Waals surface area contributed by atoms with Gasteiger partial charge in [-0.05, 0) is 36.7 Å². The summed E-state index contributed by atoms with van der Waals surface area (Å²) < 4.78 is 11.1. The van der Waals surface area contributed by atoms with E-state index >= 15 is 0 Å². The Morgan fingerprint density at radius 3 is 2.84 bits per heavy atom. The van der Waals surface area contributed by atoms with E-state index in [1.165, 1.54) is 5.56 Å². The first-order valence-corrected chi connectivity index (χ1v) is 6.59. The average Bonchev–Trinajstić information content (AvgIpc) is 3.06. The third-order valence-corrected chi connectivity index (χ3v) is 3.26. The second-order valence-corrected chi connectivity index (χ2v) is 4.63. The van der Waals surface area contributed by atoms with Gasteiger partial charge in [0.1, 0.15) is 11.3 Å². The minimum absolute atomic E-state index is 0.176. The van der Waals surface area contributed by atoms with Gasteiger partial charge in [-0.25, -0.2) is 0 Å². The van der Waals surface area contributed by atoms with Crippen LogP contribution in [0.5, 0.6) is 0 Å². The lowest BCUT2D eigenvalue weighted by Gasteiger charge is -2.14. The summed E-state index contributed by atoms with van der Waals surface area (Å²) in [5, 5.41) is 4.61. The summed E-state index contributed by atoms with van der Waals surface area (Å²) in [5.74, 6) is 0.976. The van der Waals surface area contributed by atoms with E-state index < -0.39 is 0 Å². The molecule has 1 unspecified atom stereocenters. The van der Waals surface area contributed by atoms with E-state index in [1.54, 1.807) is 12.5 Å². The Bertz CT molecular complexity index is 607. The standard InChI is InChI=1S/C16H17NO2/c1-2-17-14(9-12-7-8-18-11-12)16-10-13-5-3-4-6-15(13)19-16/h3-8,10-11,14,17H,2,9H2,1H3. The highest BCUT2D eigenvalue weighted by atomic mass is 16.3. The Labute approximate surface area is 112 Å². The number of rotatable bonds is 5. The zero-order valence-electron chi connectivity index (χ0n) is 10.9. The maximum Gasteiger partial charge on any atom is 0.134 e. The highest BCUT2D eigenvalue weighted by molar-refractivity contribution is 5.77. The topological polar surface area (TPSA) is 38.3 Å². The molecular formula is C16H17NO2. The Morgan fingerprint density at radius 2 is 2.11 bits per heavy atom. The molecule has 0 fully saturated rings. The molecule has 0 bridgehead atoms. The molecule has 98 valence electrons. The lowest BCUT2D eigenvalue weighted by atomic mass is 10.1. The van der Waals surface area contributed by atoms with Crippen molar-refractivity contribution in [2.45, 2.75) is 19.4 Å². The van der Waals surface area contributed by atoms with Crippen molar-refractivity contribution in [3.63, 3.8) is 0 Å². The predicted molar refractivity (Wildman–Crippen MR) is 75.0 cm³/mol. The van der Waals surface area contributed by atoms with E-state index in [0.717, 1.165) is 29.7 Å². The molecule has 1 N–H and O–H groups in total. The van der Waals surface area contributed by atoms with Gasteiger partial charge in [0.15, 0.2) is 0 Å². The molecule has 3 aromatic rings. The zero-order valence-corrected chi connectivity index (χ0v) is 10.9. The van der Waals surface area contributed by atoms with Gasteiger partial charge in [0.05, 0.1) is 18.6 Å². The summed E-state index contributed by atoms with van der Waals surface area (Å²) in [6.07, 6.45) is 4.36. The van der Waals surface area contributed by atoms with E-state index in [-0.39, 0.29) is 6.04 Å². The largest absolute Gasteiger partial charge is 0.472 e. The smallest absolute Gasteiger partial charge is 0.134 e. The third-order valence-electron chi connectivity index (χ3n) is 3.26. The number of para-hydroxylation sites is 1. The Kier molecular flexibility index (Phi) is 3.38. The number of hydrogen-bond donors (Lipinski definition) is 1. The quantitative estimate of drug-likeness (QED) is 0.751. The minimum atomic E-state index is 0.176. The summed E-state index contributed by atoms with van der Waals surface area (Å²) in [7, 11) is 0. The van der Waals surface area contributed by atoms with Gasteiger partial charge in [-0.3, -0.25) is 0 Å². The number of likely N-dealkylation sites (N-methyl/N-ethyl adjacent to an activating group) is 1. The summed E-state index contributed by atoms with van der Waals surface area (Å²) in [4.78, 5) is 0. The van der Waals surface area contributed by atoms with Crippen LogP contribution in [-0.4, -0.2) is 6.54 Å². The highest BCUT2D eigenvalue weighted by Gasteiger charge is 2.16. The molecule has 3 rings (SSSR count). The maximum atomic E-state index is 5.94. The Balaban J connectivity index is 1.90. The highest BCUT2D eigenvalue weighted by Crippen LogP contribution is 2.26. The summed E-state index contributed by atoms with van der Waals surface area (Å²) in [6.45, 7) is 3.00. The molecule has 0 spiro atoms. The summed E-state index contributed by atoms with van der Waals surface area (Å²) >= 11 is 0. The molecule has 1 aromatic carbocycles. The van der Waals surface area contributed by atoms with Gasteiger partial charge >= 0.3 is 0 Å². The van der Waals surface area contributed by atoms with Crippen molar-refractivity contribution in [1.29, 1.82) is 0 Å².